The SMILES string of the molecule is CC(C)N(Cc1ccc([N+](=O)[O-])cc1)C(=O)c1n[nH]c2c1CNCC2.Cl. The lowest BCUT2D eigenvalue weighted by atomic mass is 10.1. The van der Waals surface area contributed by atoms with Crippen molar-refractivity contribution in [3.05, 3.63) is 56.9 Å². The minimum Gasteiger partial charge on any atom is -0.330 e. The van der Waals surface area contributed by atoms with Crippen molar-refractivity contribution in [3.63, 3.8) is 0 Å². The molecule has 1 aromatic heterocycles. The Morgan fingerprint density at radius 3 is 2.65 bits per heavy atom. The summed E-state index contributed by atoms with van der Waals surface area (Å²) in [5.41, 5.74) is 3.29. The van der Waals surface area contributed by atoms with Crippen molar-refractivity contribution in [1.82, 2.24) is 20.4 Å². The van der Waals surface area contributed by atoms with E-state index in [1.54, 1.807) is 17.0 Å². The molecule has 0 bridgehead atoms. The molecule has 0 aliphatic carbocycles. The Labute approximate surface area is 157 Å². The molecule has 0 atom stereocenters. The van der Waals surface area contributed by atoms with Gasteiger partial charge in [-0.25, -0.2) is 0 Å². The van der Waals surface area contributed by atoms with E-state index in [0.717, 1.165) is 29.8 Å². The zero-order chi connectivity index (χ0) is 18.0. The first-order valence-corrected chi connectivity index (χ1v) is 8.28. The van der Waals surface area contributed by atoms with E-state index in [4.69, 9.17) is 0 Å². The maximum atomic E-state index is 13.0. The summed E-state index contributed by atoms with van der Waals surface area (Å²) in [5.74, 6) is -0.130. The van der Waals surface area contributed by atoms with Gasteiger partial charge in [0.05, 0.1) is 4.92 Å². The van der Waals surface area contributed by atoms with Crippen molar-refractivity contribution in [2.45, 2.75) is 39.4 Å². The van der Waals surface area contributed by atoms with E-state index >= 15 is 0 Å². The molecule has 1 aliphatic heterocycles. The van der Waals surface area contributed by atoms with Crippen molar-refractivity contribution >= 4 is 24.0 Å². The summed E-state index contributed by atoms with van der Waals surface area (Å²) in [6, 6.07) is 6.26. The van der Waals surface area contributed by atoms with Gasteiger partial charge < -0.3 is 10.2 Å². The second-order valence-electron chi connectivity index (χ2n) is 6.41. The molecule has 0 radical (unpaired) electrons. The first kappa shape index (κ1) is 19.9. The zero-order valence-corrected chi connectivity index (χ0v) is 15.5. The average Bonchev–Trinajstić information content (AvgIpc) is 3.03. The van der Waals surface area contributed by atoms with Gasteiger partial charge in [-0.15, -0.1) is 12.4 Å². The van der Waals surface area contributed by atoms with Crippen LogP contribution in [0.4, 0.5) is 5.69 Å². The van der Waals surface area contributed by atoms with Crippen LogP contribution in [0.5, 0.6) is 0 Å². The molecule has 8 nitrogen and oxygen atoms in total. The van der Waals surface area contributed by atoms with Crippen molar-refractivity contribution in [2.75, 3.05) is 6.54 Å². The normalized spacial score (nSPS) is 13.0. The van der Waals surface area contributed by atoms with Crippen LogP contribution in [-0.2, 0) is 19.5 Å². The number of fused-ring (bicyclic) bond motifs is 1. The third-order valence-corrected chi connectivity index (χ3v) is 4.39. The fraction of sp³-hybridized carbons (Fsp3) is 0.412. The van der Waals surface area contributed by atoms with E-state index in [0.29, 0.717) is 18.8 Å². The average molecular weight is 380 g/mol. The lowest BCUT2D eigenvalue weighted by molar-refractivity contribution is -0.384. The Bertz CT molecular complexity index is 788. The molecule has 2 aromatic rings. The molecule has 0 spiro atoms. The predicted octanol–water partition coefficient (Wildman–Crippen LogP) is 2.44. The van der Waals surface area contributed by atoms with Crippen LogP contribution < -0.4 is 5.32 Å². The number of H-pyrrole nitrogens is 1. The Balaban J connectivity index is 0.00000243. The highest BCUT2D eigenvalue weighted by Crippen LogP contribution is 2.20. The number of aromatic nitrogens is 2. The van der Waals surface area contributed by atoms with Crippen LogP contribution in [0.1, 0.15) is 41.2 Å². The number of aromatic amines is 1. The van der Waals surface area contributed by atoms with E-state index < -0.39 is 4.92 Å². The number of rotatable bonds is 5. The Hall–Kier alpha value is -2.45. The molecule has 0 saturated carbocycles. The number of hydrogen-bond acceptors (Lipinski definition) is 5. The predicted molar refractivity (Wildman–Crippen MR) is 99.4 cm³/mol. The molecular formula is C17H22ClN5O3. The molecule has 26 heavy (non-hydrogen) atoms. The Kier molecular flexibility index (Phi) is 6.33. The molecule has 0 saturated heterocycles. The number of nitrogens with zero attached hydrogens (tertiary/aromatic N) is 3. The number of benzene rings is 1. The number of nitrogens with one attached hydrogen (secondary N) is 2. The van der Waals surface area contributed by atoms with E-state index in [1.807, 2.05) is 13.8 Å². The minimum atomic E-state index is -0.432. The van der Waals surface area contributed by atoms with Gasteiger partial charge in [-0.3, -0.25) is 20.0 Å². The van der Waals surface area contributed by atoms with Crippen LogP contribution in [0.25, 0.3) is 0 Å². The van der Waals surface area contributed by atoms with Crippen LogP contribution in [0.3, 0.4) is 0 Å². The number of hydrogen-bond donors (Lipinski definition) is 2. The highest BCUT2D eigenvalue weighted by Gasteiger charge is 2.27. The summed E-state index contributed by atoms with van der Waals surface area (Å²) < 4.78 is 0. The van der Waals surface area contributed by atoms with Gasteiger partial charge in [0.15, 0.2) is 5.69 Å². The molecule has 2 heterocycles. The van der Waals surface area contributed by atoms with Crippen LogP contribution in [0, 0.1) is 10.1 Å². The molecule has 0 fully saturated rings. The molecular weight excluding hydrogens is 358 g/mol. The Morgan fingerprint density at radius 1 is 1.35 bits per heavy atom. The molecule has 140 valence electrons. The molecule has 1 aliphatic rings. The van der Waals surface area contributed by atoms with Gasteiger partial charge in [0.1, 0.15) is 0 Å². The van der Waals surface area contributed by atoms with Crippen LogP contribution in [-0.4, -0.2) is 38.5 Å². The maximum Gasteiger partial charge on any atom is 0.275 e. The van der Waals surface area contributed by atoms with Crippen molar-refractivity contribution in [3.8, 4) is 0 Å². The third kappa shape index (κ3) is 4.03. The maximum absolute atomic E-state index is 13.0. The lowest BCUT2D eigenvalue weighted by Gasteiger charge is -2.27. The van der Waals surface area contributed by atoms with Gasteiger partial charge in [-0.05, 0) is 19.4 Å². The third-order valence-electron chi connectivity index (χ3n) is 4.39. The highest BCUT2D eigenvalue weighted by atomic mass is 35.5. The smallest absolute Gasteiger partial charge is 0.275 e. The lowest BCUT2D eigenvalue weighted by Crippen LogP contribution is -2.37. The van der Waals surface area contributed by atoms with Gasteiger partial charge in [-0.2, -0.15) is 5.10 Å². The highest BCUT2D eigenvalue weighted by molar-refractivity contribution is 5.94. The second-order valence-corrected chi connectivity index (χ2v) is 6.41. The number of halogens is 1. The van der Waals surface area contributed by atoms with Crippen LogP contribution >= 0.6 is 12.4 Å². The molecule has 1 amide bonds. The fourth-order valence-electron chi connectivity index (χ4n) is 2.95. The number of nitro groups is 1. The summed E-state index contributed by atoms with van der Waals surface area (Å²) in [5, 5.41) is 21.2. The molecule has 3 rings (SSSR count). The van der Waals surface area contributed by atoms with Crippen molar-refractivity contribution < 1.29 is 9.72 Å². The van der Waals surface area contributed by atoms with E-state index in [2.05, 4.69) is 15.5 Å². The summed E-state index contributed by atoms with van der Waals surface area (Å²) in [4.78, 5) is 25.1. The quantitative estimate of drug-likeness (QED) is 0.613. The summed E-state index contributed by atoms with van der Waals surface area (Å²) in [7, 11) is 0. The van der Waals surface area contributed by atoms with Gasteiger partial charge in [-0.1, -0.05) is 12.1 Å². The standard InChI is InChI=1S/C17H21N5O3.ClH/c1-11(2)21(10-12-3-5-13(6-4-12)22(24)25)17(23)16-14-9-18-8-7-15(14)19-20-16;/h3-6,11,18H,7-10H2,1-2H3,(H,19,20);1H. The van der Waals surface area contributed by atoms with Crippen molar-refractivity contribution in [2.24, 2.45) is 0 Å². The van der Waals surface area contributed by atoms with E-state index in [9.17, 15) is 14.9 Å². The number of non-ortho nitro benzene ring substituents is 1. The summed E-state index contributed by atoms with van der Waals surface area (Å²) >= 11 is 0. The van der Waals surface area contributed by atoms with E-state index in [-0.39, 0.29) is 30.0 Å². The molecule has 9 heteroatoms. The minimum absolute atomic E-state index is 0. The van der Waals surface area contributed by atoms with Gasteiger partial charge >= 0.3 is 0 Å². The Morgan fingerprint density at radius 2 is 2.04 bits per heavy atom. The largest absolute Gasteiger partial charge is 0.330 e. The zero-order valence-electron chi connectivity index (χ0n) is 14.7. The van der Waals surface area contributed by atoms with Crippen LogP contribution in [0.15, 0.2) is 24.3 Å². The number of nitro benzene ring substituents is 1. The van der Waals surface area contributed by atoms with E-state index in [1.165, 1.54) is 12.1 Å². The topological polar surface area (TPSA) is 104 Å². The number of amides is 1. The molecule has 0 unspecified atom stereocenters. The summed E-state index contributed by atoms with van der Waals surface area (Å²) in [6.45, 7) is 5.78. The molecule has 1 aromatic carbocycles. The first-order chi connectivity index (χ1) is 12.0. The van der Waals surface area contributed by atoms with Crippen LogP contribution in [0.2, 0.25) is 0 Å². The van der Waals surface area contributed by atoms with Crippen molar-refractivity contribution in [1.29, 1.82) is 0 Å². The van der Waals surface area contributed by atoms with Gasteiger partial charge in [0.2, 0.25) is 0 Å². The first-order valence-electron chi connectivity index (χ1n) is 8.28. The number of carbonyl (C=O) groups excluding carboxylic acids is 1. The fourth-order valence-corrected chi connectivity index (χ4v) is 2.95. The number of carbonyl (C=O) groups is 1. The second kappa shape index (κ2) is 8.29. The van der Waals surface area contributed by atoms with Gasteiger partial charge in [0, 0.05) is 55.5 Å². The summed E-state index contributed by atoms with van der Waals surface area (Å²) in [6.07, 6.45) is 0.833. The van der Waals surface area contributed by atoms with Gasteiger partial charge in [0.25, 0.3) is 11.6 Å². The monoisotopic (exact) mass is 379 g/mol. The molecule has 2 N–H and O–H groups in total.